The van der Waals surface area contributed by atoms with Crippen molar-refractivity contribution in [2.75, 3.05) is 39.9 Å². The van der Waals surface area contributed by atoms with Crippen LogP contribution in [0.5, 0.6) is 11.5 Å². The Labute approximate surface area is 256 Å². The summed E-state index contributed by atoms with van der Waals surface area (Å²) in [6.45, 7) is 2.61. The predicted molar refractivity (Wildman–Crippen MR) is 162 cm³/mol. The van der Waals surface area contributed by atoms with Crippen molar-refractivity contribution < 1.29 is 33.0 Å². The Morgan fingerprint density at radius 3 is 2.45 bits per heavy atom. The average Bonchev–Trinajstić information content (AvgIpc) is 3.03. The number of ether oxygens (including phenoxy) is 2. The topological polar surface area (TPSA) is 117 Å². The fourth-order valence-electron chi connectivity index (χ4n) is 4.85. The number of nitrogens with zero attached hydrogens (tertiary/aromatic N) is 2. The number of fused-ring (bicyclic) bond motifs is 1. The van der Waals surface area contributed by atoms with Crippen LogP contribution in [0.4, 0.5) is 4.39 Å². The molecule has 44 heavy (non-hydrogen) atoms. The molecule has 4 amide bonds. The molecule has 4 rings (SSSR count). The maximum atomic E-state index is 14.0. The third kappa shape index (κ3) is 8.56. The molecule has 2 atom stereocenters. The number of hydrogen-bond donors (Lipinski definition) is 2. The summed E-state index contributed by atoms with van der Waals surface area (Å²) in [5.41, 5.74) is 1.04. The van der Waals surface area contributed by atoms with Crippen molar-refractivity contribution in [1.29, 1.82) is 0 Å². The molecule has 0 fully saturated rings. The van der Waals surface area contributed by atoms with Crippen molar-refractivity contribution in [3.05, 3.63) is 95.8 Å². The first-order valence-corrected chi connectivity index (χ1v) is 14.5. The van der Waals surface area contributed by atoms with Crippen LogP contribution in [0.25, 0.3) is 0 Å². The van der Waals surface area contributed by atoms with Gasteiger partial charge >= 0.3 is 0 Å². The second-order valence-corrected chi connectivity index (χ2v) is 10.3. The third-order valence-corrected chi connectivity index (χ3v) is 7.25. The van der Waals surface area contributed by atoms with Gasteiger partial charge in [0, 0.05) is 20.0 Å². The van der Waals surface area contributed by atoms with Crippen molar-refractivity contribution in [1.82, 2.24) is 20.4 Å². The van der Waals surface area contributed by atoms with Gasteiger partial charge in [-0.2, -0.15) is 0 Å². The number of amides is 4. The minimum Gasteiger partial charge on any atom is -0.491 e. The first-order chi connectivity index (χ1) is 21.3. The molecular weight excluding hydrogens is 567 g/mol. The molecule has 11 heteroatoms. The monoisotopic (exact) mass is 604 g/mol. The molecule has 2 N–H and O–H groups in total. The van der Waals surface area contributed by atoms with E-state index in [1.54, 1.807) is 41.3 Å². The Morgan fingerprint density at radius 1 is 1.00 bits per heavy atom. The number of benzene rings is 3. The average molecular weight is 605 g/mol. The molecule has 10 nitrogen and oxygen atoms in total. The number of likely N-dealkylation sites (N-methyl/N-ethyl adjacent to an activating group) is 2. The summed E-state index contributed by atoms with van der Waals surface area (Å²) < 4.78 is 25.4. The summed E-state index contributed by atoms with van der Waals surface area (Å²) in [7, 11) is 1.50. The van der Waals surface area contributed by atoms with Crippen molar-refractivity contribution in [3.8, 4) is 11.5 Å². The van der Waals surface area contributed by atoms with E-state index in [2.05, 4.69) is 10.6 Å². The highest BCUT2D eigenvalue weighted by atomic mass is 19.1. The lowest BCUT2D eigenvalue weighted by atomic mass is 10.0. The number of rotatable bonds is 8. The molecule has 0 spiro atoms. The van der Waals surface area contributed by atoms with E-state index in [0.717, 1.165) is 5.56 Å². The van der Waals surface area contributed by atoms with Crippen LogP contribution in [-0.2, 0) is 20.8 Å². The summed E-state index contributed by atoms with van der Waals surface area (Å²) in [5.74, 6) is -2.21. The molecule has 0 radical (unpaired) electrons. The van der Waals surface area contributed by atoms with Crippen LogP contribution in [0, 0.1) is 5.82 Å². The zero-order valence-corrected chi connectivity index (χ0v) is 24.8. The van der Waals surface area contributed by atoms with Gasteiger partial charge in [0.05, 0.1) is 25.1 Å². The van der Waals surface area contributed by atoms with Crippen molar-refractivity contribution in [2.45, 2.75) is 31.8 Å². The van der Waals surface area contributed by atoms with E-state index in [4.69, 9.17) is 9.47 Å². The van der Waals surface area contributed by atoms with Crippen LogP contribution in [0.15, 0.2) is 78.9 Å². The van der Waals surface area contributed by atoms with E-state index in [1.165, 1.54) is 24.1 Å². The molecule has 3 aromatic carbocycles. The zero-order chi connectivity index (χ0) is 31.5. The second kappa shape index (κ2) is 15.5. The summed E-state index contributed by atoms with van der Waals surface area (Å²) in [6, 6.07) is 19.6. The summed E-state index contributed by atoms with van der Waals surface area (Å²) in [4.78, 5) is 57.0. The largest absolute Gasteiger partial charge is 0.491 e. The van der Waals surface area contributed by atoms with Crippen molar-refractivity contribution >= 4 is 23.6 Å². The van der Waals surface area contributed by atoms with E-state index in [9.17, 15) is 23.6 Å². The van der Waals surface area contributed by atoms with Gasteiger partial charge in [-0.15, -0.1) is 0 Å². The number of para-hydroxylation sites is 2. The Bertz CT molecular complexity index is 1450. The molecule has 0 unspecified atom stereocenters. The number of nitrogens with one attached hydrogen (secondary N) is 2. The zero-order valence-electron chi connectivity index (χ0n) is 24.8. The maximum absolute atomic E-state index is 14.0. The first-order valence-electron chi connectivity index (χ1n) is 14.5. The highest BCUT2D eigenvalue weighted by Crippen LogP contribution is 2.19. The number of hydrogen-bond acceptors (Lipinski definition) is 6. The van der Waals surface area contributed by atoms with Crippen LogP contribution in [0.1, 0.15) is 29.3 Å². The maximum Gasteiger partial charge on any atom is 0.255 e. The van der Waals surface area contributed by atoms with Crippen LogP contribution < -0.4 is 20.1 Å². The molecule has 1 aliphatic rings. The van der Waals surface area contributed by atoms with Gasteiger partial charge in [0.25, 0.3) is 5.91 Å². The molecule has 0 saturated carbocycles. The molecule has 232 valence electrons. The Balaban J connectivity index is 1.57. The minimum atomic E-state index is -1.27. The Hall–Kier alpha value is -4.93. The van der Waals surface area contributed by atoms with E-state index in [0.29, 0.717) is 6.54 Å². The summed E-state index contributed by atoms with van der Waals surface area (Å²) >= 11 is 0. The number of carbonyl (C=O) groups is 4. The number of carbonyl (C=O) groups excluding carboxylic acids is 4. The fraction of sp³-hybridized carbons (Fsp3) is 0.333. The lowest BCUT2D eigenvalue weighted by Gasteiger charge is -2.29. The highest BCUT2D eigenvalue weighted by molar-refractivity contribution is 6.01. The molecule has 1 heterocycles. The normalized spacial score (nSPS) is 17.8. The quantitative estimate of drug-likeness (QED) is 0.409. The van der Waals surface area contributed by atoms with Gasteiger partial charge in [0.15, 0.2) is 11.6 Å². The van der Waals surface area contributed by atoms with E-state index in [1.807, 2.05) is 37.3 Å². The standard InChI is InChI=1S/C33H37FN4O6/c1-3-38-18-20-43-28-15-9-7-13-24(28)31(40)36-27(32(41)37(2)17-19-44-29-16-10-8-14-25(29)34)22-30(39)35-26(33(38)42)21-23-11-5-4-6-12-23/h4-16,26-27H,3,17-22H2,1-2H3,(H,35,39)(H,36,40)/t26-,27-/m0/s1. The Kier molecular flexibility index (Phi) is 11.3. The van der Waals surface area contributed by atoms with Gasteiger partial charge in [0.2, 0.25) is 17.7 Å². The minimum absolute atomic E-state index is 0.0206. The van der Waals surface area contributed by atoms with Gasteiger partial charge in [-0.3, -0.25) is 19.2 Å². The fourth-order valence-corrected chi connectivity index (χ4v) is 4.85. The van der Waals surface area contributed by atoms with Crippen LogP contribution in [0.3, 0.4) is 0 Å². The molecule has 3 aromatic rings. The van der Waals surface area contributed by atoms with Gasteiger partial charge in [0.1, 0.15) is 31.0 Å². The van der Waals surface area contributed by atoms with Crippen LogP contribution in [-0.4, -0.2) is 85.4 Å². The van der Waals surface area contributed by atoms with Crippen molar-refractivity contribution in [2.24, 2.45) is 0 Å². The van der Waals surface area contributed by atoms with Crippen LogP contribution in [0.2, 0.25) is 0 Å². The lowest BCUT2D eigenvalue weighted by Crippen LogP contribution is -2.54. The van der Waals surface area contributed by atoms with E-state index in [-0.39, 0.29) is 55.7 Å². The number of halogens is 1. The summed E-state index contributed by atoms with van der Waals surface area (Å²) in [6.07, 6.45) is -0.180. The predicted octanol–water partition coefficient (Wildman–Crippen LogP) is 2.82. The second-order valence-electron chi connectivity index (χ2n) is 10.3. The molecule has 0 aliphatic carbocycles. The SMILES string of the molecule is CCN1CCOc2ccccc2C(=O)N[C@H](C(=O)N(C)CCOc2ccccc2F)CC(=O)N[C@@H](Cc2ccccc2)C1=O. The van der Waals surface area contributed by atoms with E-state index >= 15 is 0 Å². The molecule has 0 saturated heterocycles. The van der Waals surface area contributed by atoms with Gasteiger partial charge in [-0.05, 0) is 36.8 Å². The van der Waals surface area contributed by atoms with Gasteiger partial charge < -0.3 is 29.9 Å². The molecule has 1 aliphatic heterocycles. The van der Waals surface area contributed by atoms with E-state index < -0.39 is 42.0 Å². The van der Waals surface area contributed by atoms with Gasteiger partial charge in [-0.1, -0.05) is 54.6 Å². The van der Waals surface area contributed by atoms with Crippen LogP contribution >= 0.6 is 0 Å². The lowest BCUT2D eigenvalue weighted by molar-refractivity contribution is -0.138. The third-order valence-electron chi connectivity index (χ3n) is 7.25. The van der Waals surface area contributed by atoms with Gasteiger partial charge in [-0.25, -0.2) is 4.39 Å². The summed E-state index contributed by atoms with van der Waals surface area (Å²) in [5, 5.41) is 5.49. The highest BCUT2D eigenvalue weighted by Gasteiger charge is 2.31. The Morgan fingerprint density at radius 2 is 1.70 bits per heavy atom. The molecular formula is C33H37FN4O6. The molecule has 0 bridgehead atoms. The van der Waals surface area contributed by atoms with Crippen molar-refractivity contribution in [3.63, 3.8) is 0 Å². The molecule has 0 aromatic heterocycles. The first kappa shape index (κ1) is 32.0. The smallest absolute Gasteiger partial charge is 0.255 e.